The van der Waals surface area contributed by atoms with E-state index in [0.29, 0.717) is 12.4 Å². The molecule has 5 nitrogen and oxygen atoms in total. The number of non-ortho nitro benzene ring substituents is 1. The maximum Gasteiger partial charge on any atom is 0.269 e. The van der Waals surface area contributed by atoms with Crippen molar-refractivity contribution in [3.8, 4) is 5.75 Å². The summed E-state index contributed by atoms with van der Waals surface area (Å²) in [6.45, 7) is 2.18. The minimum Gasteiger partial charge on any atom is -0.489 e. The minimum absolute atomic E-state index is 0.0184. The molecule has 0 unspecified atom stereocenters. The molecule has 1 rings (SSSR count). The summed E-state index contributed by atoms with van der Waals surface area (Å²) in [5.41, 5.74) is 0.941. The van der Waals surface area contributed by atoms with Gasteiger partial charge in [-0.2, -0.15) is 0 Å². The van der Waals surface area contributed by atoms with Crippen molar-refractivity contribution in [2.24, 2.45) is 0 Å². The van der Waals surface area contributed by atoms with Gasteiger partial charge in [0.15, 0.2) is 0 Å². The lowest BCUT2D eigenvalue weighted by Gasteiger charge is -2.05. The quantitative estimate of drug-likeness (QED) is 0.470. The zero-order valence-electron chi connectivity index (χ0n) is 8.92. The highest BCUT2D eigenvalue weighted by molar-refractivity contribution is 5.36. The smallest absolute Gasteiger partial charge is 0.269 e. The number of hydrogen-bond donors (Lipinski definition) is 1. The molecule has 0 aliphatic carbocycles. The summed E-state index contributed by atoms with van der Waals surface area (Å²) >= 11 is 0. The van der Waals surface area contributed by atoms with Crippen molar-refractivity contribution < 1.29 is 14.8 Å². The molecule has 0 aliphatic heterocycles. The SMILES string of the molecule is C/C(=C\CO)COc1ccc([N+](=O)[O-])cc1. The molecule has 0 heterocycles. The number of rotatable bonds is 5. The van der Waals surface area contributed by atoms with Crippen LogP contribution in [0.4, 0.5) is 5.69 Å². The normalized spacial score (nSPS) is 11.2. The van der Waals surface area contributed by atoms with Crippen LogP contribution in [0.5, 0.6) is 5.75 Å². The van der Waals surface area contributed by atoms with Crippen molar-refractivity contribution in [3.63, 3.8) is 0 Å². The van der Waals surface area contributed by atoms with Crippen LogP contribution in [0.1, 0.15) is 6.92 Å². The number of ether oxygens (including phenoxy) is 1. The van der Waals surface area contributed by atoms with Gasteiger partial charge in [0.1, 0.15) is 12.4 Å². The summed E-state index contributed by atoms with van der Waals surface area (Å²) in [6.07, 6.45) is 1.64. The van der Waals surface area contributed by atoms with Crippen LogP contribution < -0.4 is 4.74 Å². The van der Waals surface area contributed by atoms with Gasteiger partial charge in [-0.1, -0.05) is 6.08 Å². The molecule has 0 saturated heterocycles. The third-order valence-electron chi connectivity index (χ3n) is 1.95. The average Bonchev–Trinajstić information content (AvgIpc) is 2.27. The first-order valence-corrected chi connectivity index (χ1v) is 4.77. The zero-order valence-corrected chi connectivity index (χ0v) is 8.92. The van der Waals surface area contributed by atoms with Gasteiger partial charge in [0, 0.05) is 12.1 Å². The highest BCUT2D eigenvalue weighted by Gasteiger charge is 2.04. The summed E-state index contributed by atoms with van der Waals surface area (Å²) in [5.74, 6) is 0.566. The Morgan fingerprint density at radius 3 is 2.62 bits per heavy atom. The van der Waals surface area contributed by atoms with E-state index in [1.54, 1.807) is 18.2 Å². The minimum atomic E-state index is -0.458. The molecule has 0 amide bonds. The van der Waals surface area contributed by atoms with Gasteiger partial charge in [-0.3, -0.25) is 10.1 Å². The average molecular weight is 223 g/mol. The Morgan fingerprint density at radius 1 is 1.50 bits per heavy atom. The number of benzene rings is 1. The van der Waals surface area contributed by atoms with Crippen LogP contribution in [0.3, 0.4) is 0 Å². The predicted octanol–water partition coefficient (Wildman–Crippen LogP) is 1.91. The monoisotopic (exact) mass is 223 g/mol. The number of aliphatic hydroxyl groups is 1. The Kier molecular flexibility index (Phi) is 4.47. The molecular weight excluding hydrogens is 210 g/mol. The summed E-state index contributed by atoms with van der Waals surface area (Å²) in [4.78, 5) is 9.93. The Morgan fingerprint density at radius 2 is 2.12 bits per heavy atom. The molecule has 1 N–H and O–H groups in total. The van der Waals surface area contributed by atoms with E-state index in [-0.39, 0.29) is 12.3 Å². The Balaban J connectivity index is 2.56. The van der Waals surface area contributed by atoms with Gasteiger partial charge in [0.05, 0.1) is 11.5 Å². The Hall–Kier alpha value is -1.88. The van der Waals surface area contributed by atoms with Crippen LogP contribution in [0.15, 0.2) is 35.9 Å². The highest BCUT2D eigenvalue weighted by Crippen LogP contribution is 2.17. The van der Waals surface area contributed by atoms with Gasteiger partial charge in [-0.25, -0.2) is 0 Å². The van der Waals surface area contributed by atoms with Crippen molar-refractivity contribution in [1.29, 1.82) is 0 Å². The Labute approximate surface area is 93.1 Å². The van der Waals surface area contributed by atoms with E-state index < -0.39 is 4.92 Å². The maximum absolute atomic E-state index is 10.4. The molecular formula is C11H13NO4. The summed E-state index contributed by atoms with van der Waals surface area (Å²) in [7, 11) is 0. The van der Waals surface area contributed by atoms with E-state index in [1.807, 2.05) is 6.92 Å². The summed E-state index contributed by atoms with van der Waals surface area (Å²) in [6, 6.07) is 5.87. The molecule has 0 atom stereocenters. The molecule has 0 fully saturated rings. The van der Waals surface area contributed by atoms with Crippen LogP contribution >= 0.6 is 0 Å². The highest BCUT2D eigenvalue weighted by atomic mass is 16.6. The van der Waals surface area contributed by atoms with Crippen molar-refractivity contribution in [1.82, 2.24) is 0 Å². The first kappa shape index (κ1) is 12.2. The molecule has 0 radical (unpaired) electrons. The molecule has 0 saturated carbocycles. The van der Waals surface area contributed by atoms with E-state index >= 15 is 0 Å². The zero-order chi connectivity index (χ0) is 12.0. The maximum atomic E-state index is 10.4. The largest absolute Gasteiger partial charge is 0.489 e. The number of nitrogens with zero attached hydrogens (tertiary/aromatic N) is 1. The van der Waals surface area contributed by atoms with E-state index in [1.165, 1.54) is 12.1 Å². The van der Waals surface area contributed by atoms with Crippen LogP contribution in [-0.4, -0.2) is 23.2 Å². The van der Waals surface area contributed by atoms with Crippen molar-refractivity contribution in [2.45, 2.75) is 6.92 Å². The molecule has 1 aromatic carbocycles. The van der Waals surface area contributed by atoms with Crippen LogP contribution in [0, 0.1) is 10.1 Å². The topological polar surface area (TPSA) is 72.6 Å². The van der Waals surface area contributed by atoms with Crippen molar-refractivity contribution in [3.05, 3.63) is 46.0 Å². The van der Waals surface area contributed by atoms with Gasteiger partial charge in [-0.05, 0) is 24.6 Å². The fraction of sp³-hybridized carbons (Fsp3) is 0.273. The Bertz CT molecular complexity index is 383. The fourth-order valence-corrected chi connectivity index (χ4v) is 1.08. The van der Waals surface area contributed by atoms with E-state index in [4.69, 9.17) is 9.84 Å². The van der Waals surface area contributed by atoms with Crippen LogP contribution in [-0.2, 0) is 0 Å². The lowest BCUT2D eigenvalue weighted by Crippen LogP contribution is -1.99. The van der Waals surface area contributed by atoms with Crippen molar-refractivity contribution in [2.75, 3.05) is 13.2 Å². The molecule has 0 spiro atoms. The number of hydrogen-bond acceptors (Lipinski definition) is 4. The van der Waals surface area contributed by atoms with Crippen LogP contribution in [0.2, 0.25) is 0 Å². The van der Waals surface area contributed by atoms with E-state index in [9.17, 15) is 10.1 Å². The van der Waals surface area contributed by atoms with Gasteiger partial charge >= 0.3 is 0 Å². The fourth-order valence-electron chi connectivity index (χ4n) is 1.08. The number of aliphatic hydroxyl groups excluding tert-OH is 1. The lowest BCUT2D eigenvalue weighted by molar-refractivity contribution is -0.384. The van der Waals surface area contributed by atoms with Gasteiger partial charge in [0.2, 0.25) is 0 Å². The number of nitro groups is 1. The van der Waals surface area contributed by atoms with Gasteiger partial charge in [-0.15, -0.1) is 0 Å². The number of nitro benzene ring substituents is 1. The molecule has 1 aromatic rings. The first-order chi connectivity index (χ1) is 7.63. The molecule has 5 heteroatoms. The predicted molar refractivity (Wildman–Crippen MR) is 59.4 cm³/mol. The second kappa shape index (κ2) is 5.87. The third kappa shape index (κ3) is 3.70. The summed E-state index contributed by atoms with van der Waals surface area (Å²) < 4.78 is 5.35. The van der Waals surface area contributed by atoms with Crippen molar-refractivity contribution >= 4 is 5.69 Å². The second-order valence-electron chi connectivity index (χ2n) is 3.27. The lowest BCUT2D eigenvalue weighted by atomic mass is 10.3. The molecule has 0 aromatic heterocycles. The molecule has 86 valence electrons. The molecule has 0 bridgehead atoms. The molecule has 0 aliphatic rings. The van der Waals surface area contributed by atoms with E-state index in [0.717, 1.165) is 5.57 Å². The standard InChI is InChI=1S/C11H13NO4/c1-9(6-7-13)8-16-11-4-2-10(3-5-11)12(14)15/h2-6,13H,7-8H2,1H3/b9-6+. The van der Waals surface area contributed by atoms with Gasteiger partial charge < -0.3 is 9.84 Å². The first-order valence-electron chi connectivity index (χ1n) is 4.77. The van der Waals surface area contributed by atoms with E-state index in [2.05, 4.69) is 0 Å². The summed E-state index contributed by atoms with van der Waals surface area (Å²) in [5, 5.41) is 19.0. The second-order valence-corrected chi connectivity index (χ2v) is 3.27. The third-order valence-corrected chi connectivity index (χ3v) is 1.95. The van der Waals surface area contributed by atoms with Gasteiger partial charge in [0.25, 0.3) is 5.69 Å². The molecule has 16 heavy (non-hydrogen) atoms. The van der Waals surface area contributed by atoms with Crippen LogP contribution in [0.25, 0.3) is 0 Å².